The number of nitrogens with zero attached hydrogens (tertiary/aromatic N) is 4. The molecule has 3 heterocycles. The molecule has 1 fully saturated rings. The van der Waals surface area contributed by atoms with Gasteiger partial charge in [0.1, 0.15) is 0 Å². The lowest BCUT2D eigenvalue weighted by Gasteiger charge is -2.27. The lowest BCUT2D eigenvalue weighted by Crippen LogP contribution is -2.37. The number of pyridine rings is 1. The predicted molar refractivity (Wildman–Crippen MR) is 80.5 cm³/mol. The van der Waals surface area contributed by atoms with Gasteiger partial charge in [-0.05, 0) is 29.8 Å². The molecule has 1 aliphatic rings. The number of carbonyl (C=O) groups excluding carboxylic acids is 1. The third-order valence-electron chi connectivity index (χ3n) is 3.42. The van der Waals surface area contributed by atoms with Gasteiger partial charge in [-0.2, -0.15) is 0 Å². The van der Waals surface area contributed by atoms with Gasteiger partial charge in [-0.25, -0.2) is 0 Å². The fourth-order valence-corrected chi connectivity index (χ4v) is 2.18. The molecule has 0 bridgehead atoms. The van der Waals surface area contributed by atoms with Crippen molar-refractivity contribution in [3.8, 4) is 0 Å². The van der Waals surface area contributed by atoms with Gasteiger partial charge in [0.15, 0.2) is 11.5 Å². The molecule has 7 nitrogen and oxygen atoms in total. The van der Waals surface area contributed by atoms with Crippen molar-refractivity contribution in [2.75, 3.05) is 31.2 Å². The molecule has 1 N–H and O–H groups in total. The molecule has 0 atom stereocenters. The SMILES string of the molecule is O=C(NCc1ccncc1)c1ccc(N2CCOCC2)nn1. The van der Waals surface area contributed by atoms with E-state index >= 15 is 0 Å². The van der Waals surface area contributed by atoms with Crippen LogP contribution in [0.15, 0.2) is 36.7 Å². The summed E-state index contributed by atoms with van der Waals surface area (Å²) in [6, 6.07) is 7.22. The second-order valence-electron chi connectivity index (χ2n) is 4.91. The lowest BCUT2D eigenvalue weighted by molar-refractivity contribution is 0.0944. The Hall–Kier alpha value is -2.54. The minimum atomic E-state index is -0.238. The van der Waals surface area contributed by atoms with Gasteiger partial charge in [-0.3, -0.25) is 9.78 Å². The van der Waals surface area contributed by atoms with Crippen LogP contribution in [0.1, 0.15) is 16.1 Å². The van der Waals surface area contributed by atoms with Gasteiger partial charge in [0.25, 0.3) is 5.91 Å². The summed E-state index contributed by atoms with van der Waals surface area (Å²) in [5.41, 5.74) is 1.30. The van der Waals surface area contributed by atoms with Gasteiger partial charge in [0, 0.05) is 32.0 Å². The number of hydrogen-bond donors (Lipinski definition) is 1. The van der Waals surface area contributed by atoms with E-state index in [1.165, 1.54) is 0 Å². The van der Waals surface area contributed by atoms with E-state index in [0.717, 1.165) is 24.5 Å². The summed E-state index contributed by atoms with van der Waals surface area (Å²) in [6.45, 7) is 3.41. The molecule has 1 saturated heterocycles. The Bertz CT molecular complexity index is 612. The molecule has 1 amide bonds. The molecule has 2 aromatic heterocycles. The second-order valence-corrected chi connectivity index (χ2v) is 4.91. The van der Waals surface area contributed by atoms with Gasteiger partial charge >= 0.3 is 0 Å². The van der Waals surface area contributed by atoms with Crippen LogP contribution in [0.5, 0.6) is 0 Å². The van der Waals surface area contributed by atoms with Crippen LogP contribution in [0.3, 0.4) is 0 Å². The molecule has 0 spiro atoms. The van der Waals surface area contributed by atoms with Crippen LogP contribution in [0, 0.1) is 0 Å². The Kier molecular flexibility index (Phi) is 4.55. The predicted octanol–water partition coefficient (Wildman–Crippen LogP) is 0.638. The summed E-state index contributed by atoms with van der Waals surface area (Å²) in [4.78, 5) is 18.1. The van der Waals surface area contributed by atoms with Crippen LogP contribution in [-0.2, 0) is 11.3 Å². The molecule has 3 rings (SSSR count). The first-order valence-electron chi connectivity index (χ1n) is 7.16. The van der Waals surface area contributed by atoms with Crippen molar-refractivity contribution in [3.63, 3.8) is 0 Å². The van der Waals surface area contributed by atoms with Crippen LogP contribution in [0.4, 0.5) is 5.82 Å². The average molecular weight is 299 g/mol. The molecule has 2 aromatic rings. The van der Waals surface area contributed by atoms with E-state index in [0.29, 0.717) is 25.5 Å². The van der Waals surface area contributed by atoms with Crippen molar-refractivity contribution in [3.05, 3.63) is 47.9 Å². The highest BCUT2D eigenvalue weighted by Crippen LogP contribution is 2.11. The van der Waals surface area contributed by atoms with Crippen LogP contribution >= 0.6 is 0 Å². The van der Waals surface area contributed by atoms with Gasteiger partial charge in [-0.15, -0.1) is 10.2 Å². The number of amides is 1. The second kappa shape index (κ2) is 6.95. The molecule has 0 unspecified atom stereocenters. The quantitative estimate of drug-likeness (QED) is 0.892. The maximum Gasteiger partial charge on any atom is 0.272 e. The number of ether oxygens (including phenoxy) is 1. The average Bonchev–Trinajstić information content (AvgIpc) is 2.61. The summed E-state index contributed by atoms with van der Waals surface area (Å²) in [5, 5.41) is 10.9. The Morgan fingerprint density at radius 2 is 1.91 bits per heavy atom. The Morgan fingerprint density at radius 3 is 2.59 bits per heavy atom. The van der Waals surface area contributed by atoms with Gasteiger partial charge in [0.05, 0.1) is 13.2 Å². The molecule has 1 aliphatic heterocycles. The van der Waals surface area contributed by atoms with Crippen molar-refractivity contribution >= 4 is 11.7 Å². The highest BCUT2D eigenvalue weighted by atomic mass is 16.5. The standard InChI is InChI=1S/C15H17N5O2/c21-15(17-11-12-3-5-16-6-4-12)13-1-2-14(19-18-13)20-7-9-22-10-8-20/h1-6H,7-11H2,(H,17,21). The number of hydrogen-bond acceptors (Lipinski definition) is 6. The number of nitrogens with one attached hydrogen (secondary N) is 1. The lowest BCUT2D eigenvalue weighted by atomic mass is 10.2. The van der Waals surface area contributed by atoms with Crippen molar-refractivity contribution in [2.24, 2.45) is 0 Å². The molecule has 0 radical (unpaired) electrons. The van der Waals surface area contributed by atoms with E-state index in [9.17, 15) is 4.79 Å². The fraction of sp³-hybridized carbons (Fsp3) is 0.333. The third kappa shape index (κ3) is 3.56. The van der Waals surface area contributed by atoms with Gasteiger partial charge in [0.2, 0.25) is 0 Å². The number of anilines is 1. The smallest absolute Gasteiger partial charge is 0.272 e. The third-order valence-corrected chi connectivity index (χ3v) is 3.42. The topological polar surface area (TPSA) is 80.2 Å². The van der Waals surface area contributed by atoms with Crippen LogP contribution in [-0.4, -0.2) is 47.4 Å². The zero-order chi connectivity index (χ0) is 15.2. The number of carbonyl (C=O) groups is 1. The number of morpholine rings is 1. The zero-order valence-electron chi connectivity index (χ0n) is 12.1. The summed E-state index contributed by atoms with van der Waals surface area (Å²) in [5.74, 6) is 0.534. The van der Waals surface area contributed by atoms with E-state index in [1.807, 2.05) is 18.2 Å². The molecule has 0 aromatic carbocycles. The Labute approximate surface area is 128 Å². The summed E-state index contributed by atoms with van der Waals surface area (Å²) in [7, 11) is 0. The minimum Gasteiger partial charge on any atom is -0.378 e. The van der Waals surface area contributed by atoms with E-state index in [4.69, 9.17) is 4.74 Å². The first-order chi connectivity index (χ1) is 10.8. The monoisotopic (exact) mass is 299 g/mol. The van der Waals surface area contributed by atoms with E-state index in [-0.39, 0.29) is 5.91 Å². The molecule has 7 heteroatoms. The molecule has 22 heavy (non-hydrogen) atoms. The van der Waals surface area contributed by atoms with Gasteiger partial charge in [-0.1, -0.05) is 0 Å². The van der Waals surface area contributed by atoms with Crippen molar-refractivity contribution in [2.45, 2.75) is 6.54 Å². The van der Waals surface area contributed by atoms with E-state index in [1.54, 1.807) is 18.5 Å². The fourth-order valence-electron chi connectivity index (χ4n) is 2.18. The maximum absolute atomic E-state index is 12.0. The van der Waals surface area contributed by atoms with E-state index < -0.39 is 0 Å². The maximum atomic E-state index is 12.0. The van der Waals surface area contributed by atoms with Crippen molar-refractivity contribution in [1.82, 2.24) is 20.5 Å². The molecular formula is C15H17N5O2. The first kappa shape index (κ1) is 14.4. The minimum absolute atomic E-state index is 0.238. The van der Waals surface area contributed by atoms with Crippen LogP contribution in [0.25, 0.3) is 0 Å². The van der Waals surface area contributed by atoms with Crippen molar-refractivity contribution in [1.29, 1.82) is 0 Å². The summed E-state index contributed by atoms with van der Waals surface area (Å²) in [6.07, 6.45) is 3.39. The first-order valence-corrected chi connectivity index (χ1v) is 7.16. The van der Waals surface area contributed by atoms with Crippen molar-refractivity contribution < 1.29 is 9.53 Å². The zero-order valence-corrected chi connectivity index (χ0v) is 12.1. The van der Waals surface area contributed by atoms with Gasteiger partial charge < -0.3 is 15.0 Å². The molecule has 114 valence electrons. The highest BCUT2D eigenvalue weighted by molar-refractivity contribution is 5.92. The Balaban J connectivity index is 1.58. The summed E-state index contributed by atoms with van der Waals surface area (Å²) < 4.78 is 5.30. The molecule has 0 saturated carbocycles. The highest BCUT2D eigenvalue weighted by Gasteiger charge is 2.14. The van der Waals surface area contributed by atoms with Crippen LogP contribution < -0.4 is 10.2 Å². The Morgan fingerprint density at radius 1 is 1.14 bits per heavy atom. The van der Waals surface area contributed by atoms with Crippen LogP contribution in [0.2, 0.25) is 0 Å². The number of aromatic nitrogens is 3. The largest absolute Gasteiger partial charge is 0.378 e. The summed E-state index contributed by atoms with van der Waals surface area (Å²) >= 11 is 0. The normalized spacial score (nSPS) is 14.6. The number of rotatable bonds is 4. The molecule has 0 aliphatic carbocycles. The van der Waals surface area contributed by atoms with E-state index in [2.05, 4.69) is 25.4 Å². The molecular weight excluding hydrogens is 282 g/mol.